The molecular formula is C10H10N4O2S. The molecule has 0 aliphatic rings. The number of nitro groups is 1. The Morgan fingerprint density at radius 3 is 2.94 bits per heavy atom. The van der Waals surface area contributed by atoms with Crippen molar-refractivity contribution in [3.05, 3.63) is 28.3 Å². The normalized spacial score (nSPS) is 11.2. The van der Waals surface area contributed by atoms with Crippen molar-refractivity contribution in [1.82, 2.24) is 9.88 Å². The number of hydrogen-bond acceptors (Lipinski definition) is 5. The third kappa shape index (κ3) is 2.56. The highest BCUT2D eigenvalue weighted by atomic mass is 32.1. The number of benzene rings is 1. The monoisotopic (exact) mass is 250 g/mol. The van der Waals surface area contributed by atoms with Gasteiger partial charge in [0.15, 0.2) is 0 Å². The summed E-state index contributed by atoms with van der Waals surface area (Å²) >= 11 is 1.40. The van der Waals surface area contributed by atoms with Gasteiger partial charge in [-0.1, -0.05) is 11.3 Å². The molecule has 1 aromatic carbocycles. The molecule has 7 heteroatoms. The SMILES string of the molecule is CN(C)/C=N/c1nc2cc([N+](=O)[O-])ccc2s1. The quantitative estimate of drug-likeness (QED) is 0.363. The molecule has 0 aliphatic carbocycles. The predicted molar refractivity (Wildman–Crippen MR) is 68.1 cm³/mol. The first kappa shape index (κ1) is 11.5. The highest BCUT2D eigenvalue weighted by Crippen LogP contribution is 2.30. The van der Waals surface area contributed by atoms with E-state index in [-0.39, 0.29) is 5.69 Å². The number of fused-ring (bicyclic) bond motifs is 1. The molecule has 0 unspecified atom stereocenters. The van der Waals surface area contributed by atoms with Crippen molar-refractivity contribution in [2.24, 2.45) is 4.99 Å². The number of non-ortho nitro benzene ring substituents is 1. The van der Waals surface area contributed by atoms with Gasteiger partial charge in [0, 0.05) is 26.2 Å². The topological polar surface area (TPSA) is 71.6 Å². The summed E-state index contributed by atoms with van der Waals surface area (Å²) in [6, 6.07) is 4.63. The number of nitro benzene ring substituents is 1. The molecule has 0 N–H and O–H groups in total. The minimum Gasteiger partial charge on any atom is -0.369 e. The van der Waals surface area contributed by atoms with E-state index in [1.807, 2.05) is 14.1 Å². The van der Waals surface area contributed by atoms with E-state index < -0.39 is 4.92 Å². The molecule has 0 atom stereocenters. The van der Waals surface area contributed by atoms with E-state index in [2.05, 4.69) is 9.98 Å². The van der Waals surface area contributed by atoms with E-state index in [0.717, 1.165) is 4.70 Å². The third-order valence-corrected chi connectivity index (χ3v) is 2.91. The van der Waals surface area contributed by atoms with Gasteiger partial charge in [0.05, 0.1) is 21.5 Å². The van der Waals surface area contributed by atoms with Crippen LogP contribution in [0.3, 0.4) is 0 Å². The maximum Gasteiger partial charge on any atom is 0.271 e. The first-order valence-electron chi connectivity index (χ1n) is 4.82. The van der Waals surface area contributed by atoms with Gasteiger partial charge in [-0.15, -0.1) is 0 Å². The van der Waals surface area contributed by atoms with E-state index in [1.165, 1.54) is 23.5 Å². The fourth-order valence-electron chi connectivity index (χ4n) is 1.24. The molecule has 0 amide bonds. The number of thiazole rings is 1. The van der Waals surface area contributed by atoms with Gasteiger partial charge in [-0.3, -0.25) is 10.1 Å². The van der Waals surface area contributed by atoms with Crippen molar-refractivity contribution < 1.29 is 4.92 Å². The Morgan fingerprint density at radius 2 is 2.29 bits per heavy atom. The highest BCUT2D eigenvalue weighted by Gasteiger charge is 2.09. The Bertz CT molecular complexity index is 591. The zero-order valence-corrected chi connectivity index (χ0v) is 10.1. The Morgan fingerprint density at radius 1 is 1.53 bits per heavy atom. The van der Waals surface area contributed by atoms with Crippen molar-refractivity contribution >= 4 is 38.7 Å². The summed E-state index contributed by atoms with van der Waals surface area (Å²) in [6.45, 7) is 0. The van der Waals surface area contributed by atoms with Gasteiger partial charge in [0.25, 0.3) is 5.69 Å². The minimum atomic E-state index is -0.429. The lowest BCUT2D eigenvalue weighted by atomic mass is 10.3. The zero-order valence-electron chi connectivity index (χ0n) is 9.32. The molecule has 0 fully saturated rings. The highest BCUT2D eigenvalue weighted by molar-refractivity contribution is 7.22. The number of aliphatic imine (C=N–C) groups is 1. The molecule has 0 saturated heterocycles. The molecule has 2 aromatic rings. The molecular weight excluding hydrogens is 240 g/mol. The summed E-state index contributed by atoms with van der Waals surface area (Å²) in [6.07, 6.45) is 1.64. The van der Waals surface area contributed by atoms with Crippen LogP contribution in [-0.2, 0) is 0 Å². The fourth-order valence-corrected chi connectivity index (χ4v) is 2.02. The smallest absolute Gasteiger partial charge is 0.271 e. The summed E-state index contributed by atoms with van der Waals surface area (Å²) in [5.41, 5.74) is 0.654. The summed E-state index contributed by atoms with van der Waals surface area (Å²) in [4.78, 5) is 20.4. The first-order valence-corrected chi connectivity index (χ1v) is 5.63. The predicted octanol–water partition coefficient (Wildman–Crippen LogP) is 2.43. The van der Waals surface area contributed by atoms with Crippen LogP contribution in [0.4, 0.5) is 10.8 Å². The van der Waals surface area contributed by atoms with Gasteiger partial charge < -0.3 is 4.90 Å². The van der Waals surface area contributed by atoms with Crippen LogP contribution < -0.4 is 0 Å². The van der Waals surface area contributed by atoms with E-state index in [1.54, 1.807) is 17.3 Å². The molecule has 0 saturated carbocycles. The maximum atomic E-state index is 10.6. The van der Waals surface area contributed by atoms with E-state index in [4.69, 9.17) is 0 Å². The summed E-state index contributed by atoms with van der Waals surface area (Å²) < 4.78 is 0.890. The van der Waals surface area contributed by atoms with Crippen molar-refractivity contribution in [2.45, 2.75) is 0 Å². The van der Waals surface area contributed by atoms with Crippen LogP contribution in [0.5, 0.6) is 0 Å². The lowest BCUT2D eigenvalue weighted by molar-refractivity contribution is -0.384. The summed E-state index contributed by atoms with van der Waals surface area (Å²) in [5.74, 6) is 0. The molecule has 6 nitrogen and oxygen atoms in total. The fraction of sp³-hybridized carbons (Fsp3) is 0.200. The molecule has 17 heavy (non-hydrogen) atoms. The van der Waals surface area contributed by atoms with Crippen LogP contribution in [-0.4, -0.2) is 35.2 Å². The molecule has 0 bridgehead atoms. The van der Waals surface area contributed by atoms with E-state index in [0.29, 0.717) is 10.6 Å². The van der Waals surface area contributed by atoms with Crippen molar-refractivity contribution in [3.63, 3.8) is 0 Å². The van der Waals surface area contributed by atoms with Gasteiger partial charge in [-0.05, 0) is 6.07 Å². The Kier molecular flexibility index (Phi) is 3.01. The number of hydrogen-bond donors (Lipinski definition) is 0. The molecule has 0 aliphatic heterocycles. The summed E-state index contributed by atoms with van der Waals surface area (Å²) in [7, 11) is 3.73. The summed E-state index contributed by atoms with van der Waals surface area (Å²) in [5, 5.41) is 11.2. The van der Waals surface area contributed by atoms with E-state index >= 15 is 0 Å². The van der Waals surface area contributed by atoms with Crippen molar-refractivity contribution in [1.29, 1.82) is 0 Å². The number of aromatic nitrogens is 1. The van der Waals surface area contributed by atoms with Crippen LogP contribution in [0.25, 0.3) is 10.2 Å². The Labute approximate surface area is 101 Å². The van der Waals surface area contributed by atoms with Crippen molar-refractivity contribution in [2.75, 3.05) is 14.1 Å². The maximum absolute atomic E-state index is 10.6. The standard InChI is InChI=1S/C10H10N4O2S/c1-13(2)6-11-10-12-8-5-7(14(15)16)3-4-9(8)17-10/h3-6H,1-2H3/b11-6+. The largest absolute Gasteiger partial charge is 0.369 e. The number of nitrogens with zero attached hydrogens (tertiary/aromatic N) is 4. The van der Waals surface area contributed by atoms with Crippen LogP contribution in [0.15, 0.2) is 23.2 Å². The van der Waals surface area contributed by atoms with Crippen LogP contribution >= 0.6 is 11.3 Å². The second-order valence-corrected chi connectivity index (χ2v) is 4.62. The molecule has 1 aromatic heterocycles. The Balaban J connectivity index is 2.40. The number of rotatable bonds is 3. The first-order chi connectivity index (χ1) is 8.06. The van der Waals surface area contributed by atoms with Crippen LogP contribution in [0, 0.1) is 10.1 Å². The lowest BCUT2D eigenvalue weighted by Gasteiger charge is -1.99. The van der Waals surface area contributed by atoms with Crippen LogP contribution in [0.1, 0.15) is 0 Å². The van der Waals surface area contributed by atoms with Gasteiger partial charge in [0.1, 0.15) is 0 Å². The second kappa shape index (κ2) is 4.46. The minimum absolute atomic E-state index is 0.0472. The molecule has 2 rings (SSSR count). The molecule has 88 valence electrons. The lowest BCUT2D eigenvalue weighted by Crippen LogP contribution is -2.06. The van der Waals surface area contributed by atoms with Gasteiger partial charge >= 0.3 is 0 Å². The average molecular weight is 250 g/mol. The van der Waals surface area contributed by atoms with E-state index in [9.17, 15) is 10.1 Å². The van der Waals surface area contributed by atoms with Gasteiger partial charge in [-0.25, -0.2) is 9.98 Å². The Hall–Kier alpha value is -2.02. The molecule has 1 heterocycles. The molecule has 0 radical (unpaired) electrons. The van der Waals surface area contributed by atoms with Gasteiger partial charge in [-0.2, -0.15) is 0 Å². The zero-order chi connectivity index (χ0) is 12.4. The molecule has 0 spiro atoms. The van der Waals surface area contributed by atoms with Crippen molar-refractivity contribution in [3.8, 4) is 0 Å². The third-order valence-electron chi connectivity index (χ3n) is 1.97. The van der Waals surface area contributed by atoms with Crippen LogP contribution in [0.2, 0.25) is 0 Å². The van der Waals surface area contributed by atoms with Gasteiger partial charge in [0.2, 0.25) is 5.13 Å². The average Bonchev–Trinajstić information content (AvgIpc) is 2.67. The second-order valence-electron chi connectivity index (χ2n) is 3.61.